The molecule has 0 saturated carbocycles. The van der Waals surface area contributed by atoms with E-state index >= 15 is 0 Å². The standard InChI is InChI=1S/C12H11N7O/c1-13-11(20)9-4-2-3-8(5-9)10-6-14-19(7-10)12-15-17-18-16-12/h2-7H,1H3,(H,13,20)(H,15,16,17,18). The first kappa shape index (κ1) is 12.0. The van der Waals surface area contributed by atoms with Gasteiger partial charge in [0.05, 0.1) is 6.20 Å². The Kier molecular flexibility index (Phi) is 2.96. The Labute approximate surface area is 113 Å². The fourth-order valence-corrected chi connectivity index (χ4v) is 1.82. The molecule has 0 aliphatic heterocycles. The second-order valence-corrected chi connectivity index (χ2v) is 4.05. The van der Waals surface area contributed by atoms with Crippen molar-refractivity contribution in [1.82, 2.24) is 35.7 Å². The predicted molar refractivity (Wildman–Crippen MR) is 70.1 cm³/mol. The van der Waals surface area contributed by atoms with Crippen LogP contribution in [0.2, 0.25) is 0 Å². The Bertz CT molecular complexity index is 732. The van der Waals surface area contributed by atoms with Gasteiger partial charge in [-0.25, -0.2) is 4.68 Å². The number of aromatic nitrogens is 6. The Balaban J connectivity index is 1.95. The van der Waals surface area contributed by atoms with Crippen LogP contribution in [0, 0.1) is 0 Å². The van der Waals surface area contributed by atoms with Crippen molar-refractivity contribution in [3.05, 3.63) is 42.2 Å². The summed E-state index contributed by atoms with van der Waals surface area (Å²) >= 11 is 0. The molecule has 2 N–H and O–H groups in total. The lowest BCUT2D eigenvalue weighted by Crippen LogP contribution is -2.17. The molecule has 20 heavy (non-hydrogen) atoms. The van der Waals surface area contributed by atoms with Gasteiger partial charge in [0.1, 0.15) is 0 Å². The molecule has 0 aliphatic rings. The summed E-state index contributed by atoms with van der Waals surface area (Å²) in [5, 5.41) is 20.3. The minimum absolute atomic E-state index is 0.127. The number of carbonyl (C=O) groups excluding carboxylic acids is 1. The van der Waals surface area contributed by atoms with Crippen molar-refractivity contribution in [2.45, 2.75) is 0 Å². The van der Waals surface area contributed by atoms with Crippen LogP contribution in [0.3, 0.4) is 0 Å². The van der Waals surface area contributed by atoms with E-state index in [1.165, 1.54) is 4.68 Å². The van der Waals surface area contributed by atoms with Crippen LogP contribution in [0.1, 0.15) is 10.4 Å². The zero-order valence-electron chi connectivity index (χ0n) is 10.6. The van der Waals surface area contributed by atoms with Crippen molar-refractivity contribution in [2.24, 2.45) is 0 Å². The number of nitrogens with one attached hydrogen (secondary N) is 2. The maximum absolute atomic E-state index is 11.6. The van der Waals surface area contributed by atoms with Crippen molar-refractivity contribution < 1.29 is 4.79 Å². The Morgan fingerprint density at radius 3 is 3.00 bits per heavy atom. The number of nitrogens with zero attached hydrogens (tertiary/aromatic N) is 5. The van der Waals surface area contributed by atoms with Crippen LogP contribution in [-0.4, -0.2) is 43.4 Å². The van der Waals surface area contributed by atoms with Crippen LogP contribution in [0.5, 0.6) is 0 Å². The Morgan fingerprint density at radius 1 is 1.35 bits per heavy atom. The van der Waals surface area contributed by atoms with Gasteiger partial charge in [-0.2, -0.15) is 10.3 Å². The van der Waals surface area contributed by atoms with Gasteiger partial charge in [-0.3, -0.25) is 4.79 Å². The molecule has 0 spiro atoms. The van der Waals surface area contributed by atoms with E-state index in [1.54, 1.807) is 31.6 Å². The summed E-state index contributed by atoms with van der Waals surface area (Å²) in [4.78, 5) is 11.6. The lowest BCUT2D eigenvalue weighted by atomic mass is 10.1. The van der Waals surface area contributed by atoms with Crippen LogP contribution >= 0.6 is 0 Å². The molecular weight excluding hydrogens is 258 g/mol. The number of amides is 1. The Hall–Kier alpha value is -3.03. The summed E-state index contributed by atoms with van der Waals surface area (Å²) in [6.07, 6.45) is 3.45. The van der Waals surface area contributed by atoms with E-state index in [9.17, 15) is 4.79 Å². The lowest BCUT2D eigenvalue weighted by molar-refractivity contribution is 0.0963. The van der Waals surface area contributed by atoms with Gasteiger partial charge >= 0.3 is 0 Å². The highest BCUT2D eigenvalue weighted by molar-refractivity contribution is 5.95. The van der Waals surface area contributed by atoms with E-state index in [-0.39, 0.29) is 5.91 Å². The zero-order valence-corrected chi connectivity index (χ0v) is 10.6. The smallest absolute Gasteiger partial charge is 0.290 e. The van der Waals surface area contributed by atoms with E-state index in [0.29, 0.717) is 11.5 Å². The van der Waals surface area contributed by atoms with E-state index in [0.717, 1.165) is 11.1 Å². The minimum atomic E-state index is -0.127. The van der Waals surface area contributed by atoms with Gasteiger partial charge in [-0.15, -0.1) is 5.10 Å². The summed E-state index contributed by atoms with van der Waals surface area (Å²) in [7, 11) is 1.60. The molecule has 3 aromatic rings. The maximum Gasteiger partial charge on any atom is 0.290 e. The quantitative estimate of drug-likeness (QED) is 0.717. The normalized spacial score (nSPS) is 10.4. The second-order valence-electron chi connectivity index (χ2n) is 4.05. The van der Waals surface area contributed by atoms with Gasteiger partial charge in [-0.05, 0) is 22.9 Å². The third-order valence-corrected chi connectivity index (χ3v) is 2.81. The van der Waals surface area contributed by atoms with Crippen molar-refractivity contribution in [2.75, 3.05) is 7.05 Å². The number of rotatable bonds is 3. The van der Waals surface area contributed by atoms with Crippen LogP contribution < -0.4 is 5.32 Å². The Morgan fingerprint density at radius 2 is 2.25 bits per heavy atom. The van der Waals surface area contributed by atoms with Crippen LogP contribution in [0.25, 0.3) is 17.1 Å². The van der Waals surface area contributed by atoms with Gasteiger partial charge in [0.15, 0.2) is 0 Å². The van der Waals surface area contributed by atoms with Crippen LogP contribution in [0.4, 0.5) is 0 Å². The van der Waals surface area contributed by atoms with E-state index in [1.807, 2.05) is 12.1 Å². The fraction of sp³-hybridized carbons (Fsp3) is 0.0833. The molecule has 0 radical (unpaired) electrons. The molecule has 1 aromatic carbocycles. The average molecular weight is 269 g/mol. The molecule has 0 bridgehead atoms. The predicted octanol–water partition coefficient (Wildman–Crippen LogP) is 0.412. The second kappa shape index (κ2) is 4.92. The molecule has 0 aliphatic carbocycles. The third-order valence-electron chi connectivity index (χ3n) is 2.81. The van der Waals surface area contributed by atoms with Crippen LogP contribution in [-0.2, 0) is 0 Å². The van der Waals surface area contributed by atoms with Gasteiger partial charge in [0.2, 0.25) is 0 Å². The first-order chi connectivity index (χ1) is 9.78. The molecule has 100 valence electrons. The summed E-state index contributed by atoms with van der Waals surface area (Å²) in [6, 6.07) is 7.29. The summed E-state index contributed by atoms with van der Waals surface area (Å²) < 4.78 is 1.51. The molecule has 2 heterocycles. The van der Waals surface area contributed by atoms with Crippen molar-refractivity contribution in [3.63, 3.8) is 0 Å². The maximum atomic E-state index is 11.6. The average Bonchev–Trinajstić information content (AvgIpc) is 3.17. The highest BCUT2D eigenvalue weighted by atomic mass is 16.1. The van der Waals surface area contributed by atoms with E-state index in [4.69, 9.17) is 0 Å². The highest BCUT2D eigenvalue weighted by Gasteiger charge is 2.08. The molecular formula is C12H11N7O. The minimum Gasteiger partial charge on any atom is -0.355 e. The monoisotopic (exact) mass is 269 g/mol. The third kappa shape index (κ3) is 2.14. The number of aromatic amines is 1. The largest absolute Gasteiger partial charge is 0.355 e. The molecule has 3 rings (SSSR count). The first-order valence-electron chi connectivity index (χ1n) is 5.89. The molecule has 0 unspecified atom stereocenters. The first-order valence-corrected chi connectivity index (χ1v) is 5.89. The SMILES string of the molecule is CNC(=O)c1cccc(-c2cnn(-c3nn[nH]n3)c2)c1. The van der Waals surface area contributed by atoms with E-state index < -0.39 is 0 Å². The summed E-state index contributed by atoms with van der Waals surface area (Å²) in [5.41, 5.74) is 2.35. The summed E-state index contributed by atoms with van der Waals surface area (Å²) in [6.45, 7) is 0. The van der Waals surface area contributed by atoms with Gasteiger partial charge in [-0.1, -0.05) is 17.2 Å². The number of carbonyl (C=O) groups is 1. The topological polar surface area (TPSA) is 101 Å². The number of hydrogen-bond acceptors (Lipinski definition) is 5. The molecule has 2 aromatic heterocycles. The number of H-pyrrole nitrogens is 1. The van der Waals surface area contributed by atoms with Gasteiger partial charge in [0.25, 0.3) is 11.9 Å². The van der Waals surface area contributed by atoms with Gasteiger partial charge in [0, 0.05) is 24.4 Å². The van der Waals surface area contributed by atoms with Gasteiger partial charge < -0.3 is 5.32 Å². The summed E-state index contributed by atoms with van der Waals surface area (Å²) in [5.74, 6) is 0.233. The number of benzene rings is 1. The molecule has 0 saturated heterocycles. The van der Waals surface area contributed by atoms with Crippen molar-refractivity contribution in [3.8, 4) is 17.1 Å². The fourth-order valence-electron chi connectivity index (χ4n) is 1.82. The van der Waals surface area contributed by atoms with Crippen molar-refractivity contribution in [1.29, 1.82) is 0 Å². The highest BCUT2D eigenvalue weighted by Crippen LogP contribution is 2.20. The van der Waals surface area contributed by atoms with E-state index in [2.05, 4.69) is 31.0 Å². The molecule has 1 amide bonds. The molecule has 8 heteroatoms. The van der Waals surface area contributed by atoms with Crippen molar-refractivity contribution >= 4 is 5.91 Å². The number of hydrogen-bond donors (Lipinski definition) is 2. The molecule has 0 atom stereocenters. The molecule has 0 fully saturated rings. The number of tetrazole rings is 1. The molecule has 8 nitrogen and oxygen atoms in total. The zero-order chi connectivity index (χ0) is 13.9. The van der Waals surface area contributed by atoms with Crippen LogP contribution in [0.15, 0.2) is 36.7 Å². The lowest BCUT2D eigenvalue weighted by Gasteiger charge is -2.02.